The molecule has 17 heavy (non-hydrogen) atoms. The SMILES string of the molecule is CCN1CCN(CC(=O)c2cccn2C)CC1. The van der Waals surface area contributed by atoms with Crippen molar-refractivity contribution < 1.29 is 4.79 Å². The molecule has 0 unspecified atom stereocenters. The van der Waals surface area contributed by atoms with Gasteiger partial charge in [0.15, 0.2) is 5.78 Å². The first-order valence-corrected chi connectivity index (χ1v) is 6.30. The molecular weight excluding hydrogens is 214 g/mol. The van der Waals surface area contributed by atoms with E-state index >= 15 is 0 Å². The molecule has 1 saturated heterocycles. The van der Waals surface area contributed by atoms with Gasteiger partial charge in [0.2, 0.25) is 0 Å². The van der Waals surface area contributed by atoms with Gasteiger partial charge in [0.05, 0.1) is 12.2 Å². The molecule has 4 heteroatoms. The van der Waals surface area contributed by atoms with Gasteiger partial charge in [-0.2, -0.15) is 0 Å². The summed E-state index contributed by atoms with van der Waals surface area (Å²) in [6, 6.07) is 3.81. The van der Waals surface area contributed by atoms with Crippen LogP contribution in [0.1, 0.15) is 17.4 Å². The van der Waals surface area contributed by atoms with Crippen LogP contribution >= 0.6 is 0 Å². The number of nitrogens with zero attached hydrogens (tertiary/aromatic N) is 3. The number of aromatic nitrogens is 1. The second kappa shape index (κ2) is 5.47. The van der Waals surface area contributed by atoms with E-state index in [-0.39, 0.29) is 5.78 Å². The highest BCUT2D eigenvalue weighted by Gasteiger charge is 2.19. The third-order valence-corrected chi connectivity index (χ3v) is 3.51. The van der Waals surface area contributed by atoms with Crippen molar-refractivity contribution in [3.05, 3.63) is 24.0 Å². The molecule has 1 aliphatic rings. The number of carbonyl (C=O) groups excluding carboxylic acids is 1. The molecule has 1 aromatic rings. The minimum Gasteiger partial charge on any atom is -0.348 e. The molecule has 4 nitrogen and oxygen atoms in total. The summed E-state index contributed by atoms with van der Waals surface area (Å²) in [5.41, 5.74) is 0.808. The predicted octanol–water partition coefficient (Wildman–Crippen LogP) is 0.845. The van der Waals surface area contributed by atoms with E-state index in [2.05, 4.69) is 16.7 Å². The summed E-state index contributed by atoms with van der Waals surface area (Å²) in [5.74, 6) is 0.224. The molecule has 1 aliphatic heterocycles. The summed E-state index contributed by atoms with van der Waals surface area (Å²) < 4.78 is 1.89. The third-order valence-electron chi connectivity index (χ3n) is 3.51. The van der Waals surface area contributed by atoms with Crippen LogP contribution in [0.2, 0.25) is 0 Å². The Bertz CT molecular complexity index is 378. The maximum Gasteiger partial charge on any atom is 0.193 e. The van der Waals surface area contributed by atoms with Crippen LogP contribution in [-0.2, 0) is 7.05 Å². The van der Waals surface area contributed by atoms with E-state index in [1.807, 2.05) is 29.9 Å². The van der Waals surface area contributed by atoms with E-state index < -0.39 is 0 Å². The average molecular weight is 235 g/mol. The van der Waals surface area contributed by atoms with E-state index in [1.165, 1.54) is 0 Å². The van der Waals surface area contributed by atoms with Crippen molar-refractivity contribution in [3.8, 4) is 0 Å². The quantitative estimate of drug-likeness (QED) is 0.724. The number of aryl methyl sites for hydroxylation is 1. The number of piperazine rings is 1. The van der Waals surface area contributed by atoms with Crippen LogP contribution in [0.4, 0.5) is 0 Å². The van der Waals surface area contributed by atoms with E-state index in [1.54, 1.807) is 0 Å². The molecule has 0 spiro atoms. The lowest BCUT2D eigenvalue weighted by Crippen LogP contribution is -2.47. The van der Waals surface area contributed by atoms with Crippen molar-refractivity contribution in [2.45, 2.75) is 6.92 Å². The fraction of sp³-hybridized carbons (Fsp3) is 0.615. The molecule has 0 N–H and O–H groups in total. The summed E-state index contributed by atoms with van der Waals surface area (Å²) in [4.78, 5) is 16.7. The summed E-state index contributed by atoms with van der Waals surface area (Å²) in [6.07, 6.45) is 1.92. The molecule has 0 saturated carbocycles. The highest BCUT2D eigenvalue weighted by Crippen LogP contribution is 2.05. The number of Topliss-reactive ketones (excluding diaryl/α,β-unsaturated/α-hetero) is 1. The van der Waals surface area contributed by atoms with Crippen molar-refractivity contribution in [3.63, 3.8) is 0 Å². The van der Waals surface area contributed by atoms with Crippen LogP contribution in [0, 0.1) is 0 Å². The number of carbonyl (C=O) groups is 1. The highest BCUT2D eigenvalue weighted by atomic mass is 16.1. The van der Waals surface area contributed by atoms with Crippen LogP contribution in [0.25, 0.3) is 0 Å². The topological polar surface area (TPSA) is 28.5 Å². The smallest absolute Gasteiger partial charge is 0.193 e. The lowest BCUT2D eigenvalue weighted by atomic mass is 10.2. The van der Waals surface area contributed by atoms with E-state index in [0.29, 0.717) is 6.54 Å². The predicted molar refractivity (Wildman–Crippen MR) is 68.3 cm³/mol. The van der Waals surface area contributed by atoms with Crippen LogP contribution in [0.3, 0.4) is 0 Å². The second-order valence-electron chi connectivity index (χ2n) is 4.64. The summed E-state index contributed by atoms with van der Waals surface area (Å²) >= 11 is 0. The molecular formula is C13H21N3O. The van der Waals surface area contributed by atoms with Gasteiger partial charge >= 0.3 is 0 Å². The van der Waals surface area contributed by atoms with Gasteiger partial charge in [-0.3, -0.25) is 9.69 Å². The summed E-state index contributed by atoms with van der Waals surface area (Å²) in [5, 5.41) is 0. The van der Waals surface area contributed by atoms with Gasteiger partial charge < -0.3 is 9.47 Å². The van der Waals surface area contributed by atoms with Gasteiger partial charge in [-0.05, 0) is 18.7 Å². The molecule has 2 rings (SSSR count). The Morgan fingerprint density at radius 2 is 1.88 bits per heavy atom. The van der Waals surface area contributed by atoms with Crippen molar-refractivity contribution in [1.29, 1.82) is 0 Å². The zero-order valence-electron chi connectivity index (χ0n) is 10.7. The number of hydrogen-bond acceptors (Lipinski definition) is 3. The zero-order chi connectivity index (χ0) is 12.3. The van der Waals surface area contributed by atoms with E-state index in [0.717, 1.165) is 38.4 Å². The maximum absolute atomic E-state index is 12.1. The monoisotopic (exact) mass is 235 g/mol. The molecule has 1 fully saturated rings. The van der Waals surface area contributed by atoms with Crippen molar-refractivity contribution in [2.24, 2.45) is 7.05 Å². The van der Waals surface area contributed by atoms with Crippen LogP contribution < -0.4 is 0 Å². The first kappa shape index (κ1) is 12.3. The minimum absolute atomic E-state index is 0.224. The fourth-order valence-corrected chi connectivity index (χ4v) is 2.30. The lowest BCUT2D eigenvalue weighted by molar-refractivity contribution is 0.0851. The van der Waals surface area contributed by atoms with Crippen LogP contribution in [0.5, 0.6) is 0 Å². The van der Waals surface area contributed by atoms with E-state index in [4.69, 9.17) is 0 Å². The minimum atomic E-state index is 0.224. The van der Waals surface area contributed by atoms with E-state index in [9.17, 15) is 4.79 Å². The molecule has 0 atom stereocenters. The van der Waals surface area contributed by atoms with Gasteiger partial charge in [-0.25, -0.2) is 0 Å². The molecule has 1 aromatic heterocycles. The molecule has 0 amide bonds. The van der Waals surface area contributed by atoms with Gasteiger partial charge in [0, 0.05) is 39.4 Å². The molecule has 94 valence electrons. The number of hydrogen-bond donors (Lipinski definition) is 0. The number of rotatable bonds is 4. The van der Waals surface area contributed by atoms with Crippen LogP contribution in [-0.4, -0.2) is 59.4 Å². The van der Waals surface area contributed by atoms with Gasteiger partial charge in [0.1, 0.15) is 0 Å². The Hall–Kier alpha value is -1.13. The largest absolute Gasteiger partial charge is 0.348 e. The average Bonchev–Trinajstić information content (AvgIpc) is 2.76. The van der Waals surface area contributed by atoms with Gasteiger partial charge in [-0.1, -0.05) is 6.92 Å². The molecule has 0 aliphatic carbocycles. The van der Waals surface area contributed by atoms with Gasteiger partial charge in [-0.15, -0.1) is 0 Å². The Balaban J connectivity index is 1.86. The second-order valence-corrected chi connectivity index (χ2v) is 4.64. The Labute approximate surface area is 103 Å². The third kappa shape index (κ3) is 2.96. The maximum atomic E-state index is 12.1. The lowest BCUT2D eigenvalue weighted by Gasteiger charge is -2.33. The molecule has 0 radical (unpaired) electrons. The normalized spacial score (nSPS) is 18.5. The highest BCUT2D eigenvalue weighted by molar-refractivity contribution is 5.96. The Morgan fingerprint density at radius 3 is 2.41 bits per heavy atom. The first-order valence-electron chi connectivity index (χ1n) is 6.30. The van der Waals surface area contributed by atoms with Crippen LogP contribution in [0.15, 0.2) is 18.3 Å². The van der Waals surface area contributed by atoms with Crippen molar-refractivity contribution >= 4 is 5.78 Å². The Kier molecular flexibility index (Phi) is 3.97. The zero-order valence-corrected chi connectivity index (χ0v) is 10.7. The Morgan fingerprint density at radius 1 is 1.24 bits per heavy atom. The fourth-order valence-electron chi connectivity index (χ4n) is 2.30. The number of ketones is 1. The summed E-state index contributed by atoms with van der Waals surface area (Å²) in [6.45, 7) is 8.02. The van der Waals surface area contributed by atoms with Crippen molar-refractivity contribution in [1.82, 2.24) is 14.4 Å². The van der Waals surface area contributed by atoms with Gasteiger partial charge in [0.25, 0.3) is 0 Å². The molecule has 0 bridgehead atoms. The standard InChI is InChI=1S/C13H21N3O/c1-3-15-7-9-16(10-8-15)11-13(17)12-5-4-6-14(12)2/h4-6H,3,7-11H2,1-2H3. The molecule has 2 heterocycles. The molecule has 0 aromatic carbocycles. The first-order chi connectivity index (χ1) is 8.20. The summed E-state index contributed by atoms with van der Waals surface area (Å²) in [7, 11) is 1.92. The van der Waals surface area contributed by atoms with Crippen molar-refractivity contribution in [2.75, 3.05) is 39.3 Å². The number of likely N-dealkylation sites (N-methyl/N-ethyl adjacent to an activating group) is 1.